The zero-order chi connectivity index (χ0) is 56.1. The first-order valence-corrected chi connectivity index (χ1v) is 25.8. The van der Waals surface area contributed by atoms with Crippen molar-refractivity contribution >= 4 is 0 Å². The van der Waals surface area contributed by atoms with Gasteiger partial charge in [-0.1, -0.05) is 0 Å². The van der Waals surface area contributed by atoms with Gasteiger partial charge in [0.25, 0.3) is 0 Å². The highest BCUT2D eigenvalue weighted by Crippen LogP contribution is 2.37. The highest BCUT2D eigenvalue weighted by Gasteiger charge is 2.58. The van der Waals surface area contributed by atoms with Gasteiger partial charge in [-0.25, -0.2) is 0 Å². The summed E-state index contributed by atoms with van der Waals surface area (Å²) in [5, 5.41) is 81.1. The summed E-state index contributed by atoms with van der Waals surface area (Å²) in [6.45, 7) is -2.01. The summed E-state index contributed by atoms with van der Waals surface area (Å²) < 4.78 is 85.8. The summed E-state index contributed by atoms with van der Waals surface area (Å²) in [5.41, 5.74) is 89.1. The molecule has 0 aromatic carbocycles. The third-order valence-electron chi connectivity index (χ3n) is 15.8. The smallest absolute Gasteiger partial charge is 0.186 e. The van der Waals surface area contributed by atoms with E-state index >= 15 is 0 Å². The third-order valence-corrected chi connectivity index (χ3v) is 15.8. The fourth-order valence-electron chi connectivity index (χ4n) is 11.1. The molecule has 35 heteroatoms. The van der Waals surface area contributed by atoms with E-state index in [2.05, 4.69) is 0 Å². The maximum absolute atomic E-state index is 11.6. The van der Waals surface area contributed by atoms with Gasteiger partial charge in [0.2, 0.25) is 0 Å². The molecule has 35 N–H and O–H groups in total. The van der Waals surface area contributed by atoms with Gasteiger partial charge in [-0.3, -0.25) is 0 Å². The van der Waals surface area contributed by atoms with Crippen LogP contribution >= 0.6 is 0 Å². The van der Waals surface area contributed by atoms with E-state index in [0.717, 1.165) is 0 Å². The lowest BCUT2D eigenvalue weighted by Gasteiger charge is -2.51. The Morgan fingerprint density at radius 1 is 0.195 bits per heavy atom. The Balaban J connectivity index is 1.08. The molecule has 0 aromatic heterocycles. The topological polar surface area (TPSA) is 635 Å². The van der Waals surface area contributed by atoms with Crippen molar-refractivity contribution in [2.24, 2.45) is 80.3 Å². The standard InChI is InChI=1S/C42H84N14O21/c43-1-8-29-15(50)22(57)36(64-8)72-30-9(2-44)66-38(24(59)17(30)52)74-32-11(4-46)68-40(26(61)19(32)54)76-34-13(6-48)70-42(28(63)21(34)56)77-35-14(7-49)69-41(27(62)20(35)55)75-33-12(5-47)67-39(25(60)18(33)53)73-31-10(3-45)65-37(71-29)23(58)16(31)51/h8-42,57-63H,1-7,43-56H2/t8-,9-,10-,11-,12-,13-,14-,15+,16+,17+,18+,19+,20+,21+,22+,23+,24+,25+,26+,27+,28+,29-,30-,31-,32-,33-,34-,35-,36-,37-,38-,39-,40-,41-,42-/m1/s1. The van der Waals surface area contributed by atoms with Crippen LogP contribution in [-0.4, -0.2) is 296 Å². The summed E-state index contributed by atoms with van der Waals surface area (Å²) in [4.78, 5) is 0. The van der Waals surface area contributed by atoms with E-state index in [0.29, 0.717) is 0 Å². The van der Waals surface area contributed by atoms with Crippen molar-refractivity contribution < 1.29 is 102 Å². The Hall–Kier alpha value is -1.40. The van der Waals surface area contributed by atoms with Crippen molar-refractivity contribution in [3.8, 4) is 0 Å². The molecule has 0 unspecified atom stereocenters. The molecule has 21 aliphatic heterocycles. The molecule has 21 saturated heterocycles. The van der Waals surface area contributed by atoms with E-state index in [1.807, 2.05) is 0 Å². The molecular weight excluding hydrogens is 1040 g/mol. The monoisotopic (exact) mass is 1120 g/mol. The first-order chi connectivity index (χ1) is 36.7. The highest BCUT2D eigenvalue weighted by molar-refractivity contribution is 5.05. The molecule has 448 valence electrons. The summed E-state index contributed by atoms with van der Waals surface area (Å²) >= 11 is 0. The quantitative estimate of drug-likeness (QED) is 0.113. The fraction of sp³-hybridized carbons (Fsp3) is 1.00. The van der Waals surface area contributed by atoms with Gasteiger partial charge in [-0.05, 0) is 0 Å². The Morgan fingerprint density at radius 3 is 0.390 bits per heavy atom. The summed E-state index contributed by atoms with van der Waals surface area (Å²) in [7, 11) is 0. The second kappa shape index (κ2) is 26.0. The van der Waals surface area contributed by atoms with Crippen molar-refractivity contribution in [2.75, 3.05) is 45.8 Å². The molecule has 0 amide bonds. The second-order valence-corrected chi connectivity index (χ2v) is 20.6. The van der Waals surface area contributed by atoms with Crippen LogP contribution in [0.15, 0.2) is 0 Å². The maximum atomic E-state index is 11.6. The molecule has 0 aromatic rings. The normalized spacial score (nSPS) is 55.4. The van der Waals surface area contributed by atoms with Crippen LogP contribution in [0.25, 0.3) is 0 Å². The SMILES string of the molecule is NC[C@H]1O[C@@H]2O[C@H]3[C@@H](N)[C@H](O)[C@@H](O[C@H]4[C@@H](N)[C@H](O)[C@@H](O[C@H]5[C@@H](N)[C@H](O)[C@@H](O[C@H]6[C@@H](N)[C@H](O)[C@@H](O[C@H]7[C@@H](N)[C@H](O)[C@@H](O[C@H]8[C@@H](N)[C@H](O)[C@@H](O[C@H]1[C@@H](N)[C@@H]2O)O[C@@H]8CN)O[C@@H]7CN)O[C@@H]6CN)O[C@@H]5CN)O[C@@H]4CN)O[C@@H]3CN. The summed E-state index contributed by atoms with van der Waals surface area (Å²) in [6, 6.07) is -9.55. The van der Waals surface area contributed by atoms with Crippen molar-refractivity contribution in [3.05, 3.63) is 0 Å². The van der Waals surface area contributed by atoms with Crippen molar-refractivity contribution in [2.45, 2.75) is 215 Å². The van der Waals surface area contributed by atoms with E-state index < -0.39 is 215 Å². The predicted molar refractivity (Wildman–Crippen MR) is 256 cm³/mol. The summed E-state index contributed by atoms with van der Waals surface area (Å²) in [5.74, 6) is 0. The second-order valence-electron chi connectivity index (χ2n) is 20.6. The van der Waals surface area contributed by atoms with Gasteiger partial charge in [0.1, 0.15) is 128 Å². The maximum Gasteiger partial charge on any atom is 0.186 e. The average molecular weight is 1120 g/mol. The van der Waals surface area contributed by atoms with Crippen molar-refractivity contribution in [3.63, 3.8) is 0 Å². The fourth-order valence-corrected chi connectivity index (χ4v) is 11.1. The third kappa shape index (κ3) is 12.1. The minimum Gasteiger partial charge on any atom is -0.386 e. The van der Waals surface area contributed by atoms with E-state index in [1.54, 1.807) is 0 Å². The molecule has 14 bridgehead atoms. The van der Waals surface area contributed by atoms with Crippen LogP contribution in [-0.2, 0) is 66.3 Å². The van der Waals surface area contributed by atoms with Gasteiger partial charge < -0.3 is 182 Å². The van der Waals surface area contributed by atoms with Crippen LogP contribution in [0.3, 0.4) is 0 Å². The molecule has 35 nitrogen and oxygen atoms in total. The van der Waals surface area contributed by atoms with E-state index in [-0.39, 0.29) is 45.8 Å². The molecule has 21 aliphatic rings. The number of nitrogens with two attached hydrogens (primary N) is 14. The molecule has 35 atom stereocenters. The van der Waals surface area contributed by atoms with Crippen LogP contribution in [0, 0.1) is 0 Å². The lowest BCUT2D eigenvalue weighted by Crippen LogP contribution is -2.71. The molecule has 0 spiro atoms. The minimum atomic E-state index is -1.70. The predicted octanol–water partition coefficient (Wildman–Crippen LogP) is -15.7. The number of ether oxygens (including phenoxy) is 14. The van der Waals surface area contributed by atoms with Crippen LogP contribution in [0.5, 0.6) is 0 Å². The summed E-state index contributed by atoms with van der Waals surface area (Å²) in [6.07, 6.45) is -40.2. The van der Waals surface area contributed by atoms with Crippen LogP contribution < -0.4 is 80.3 Å². The average Bonchev–Trinajstić information content (AvgIpc) is 3.45. The Bertz CT molecular complexity index is 1500. The zero-order valence-electron chi connectivity index (χ0n) is 42.1. The molecule has 0 saturated carbocycles. The number of aliphatic hydroxyl groups is 7. The Kier molecular flexibility index (Phi) is 20.8. The lowest BCUT2D eigenvalue weighted by molar-refractivity contribution is -0.365. The van der Waals surface area contributed by atoms with E-state index in [9.17, 15) is 35.7 Å². The van der Waals surface area contributed by atoms with Gasteiger partial charge in [0.05, 0.1) is 42.3 Å². The molecular formula is C42H84N14O21. The number of hydrogen-bond donors (Lipinski definition) is 21. The Morgan fingerprint density at radius 2 is 0.299 bits per heavy atom. The highest BCUT2D eigenvalue weighted by atomic mass is 16.8. The minimum absolute atomic E-state index is 0.287. The first-order valence-electron chi connectivity index (χ1n) is 25.8. The van der Waals surface area contributed by atoms with Crippen LogP contribution in [0.2, 0.25) is 0 Å². The van der Waals surface area contributed by atoms with Gasteiger partial charge in [0, 0.05) is 45.8 Å². The van der Waals surface area contributed by atoms with Gasteiger partial charge in [0.15, 0.2) is 44.0 Å². The van der Waals surface area contributed by atoms with Crippen LogP contribution in [0.1, 0.15) is 0 Å². The van der Waals surface area contributed by atoms with Gasteiger partial charge in [-0.2, -0.15) is 0 Å². The largest absolute Gasteiger partial charge is 0.386 e. The molecule has 21 fully saturated rings. The molecule has 21 rings (SSSR count). The van der Waals surface area contributed by atoms with Gasteiger partial charge >= 0.3 is 0 Å². The molecule has 21 heterocycles. The zero-order valence-corrected chi connectivity index (χ0v) is 42.1. The molecule has 0 aliphatic carbocycles. The first kappa shape index (κ1) is 61.7. The molecule has 0 radical (unpaired) electrons. The lowest BCUT2D eigenvalue weighted by atomic mass is 9.93. The van der Waals surface area contributed by atoms with E-state index in [1.165, 1.54) is 0 Å². The van der Waals surface area contributed by atoms with Crippen molar-refractivity contribution in [1.29, 1.82) is 0 Å². The van der Waals surface area contributed by atoms with Gasteiger partial charge in [-0.15, -0.1) is 0 Å². The van der Waals surface area contributed by atoms with Crippen LogP contribution in [0.4, 0.5) is 0 Å². The molecule has 77 heavy (non-hydrogen) atoms. The van der Waals surface area contributed by atoms with Crippen molar-refractivity contribution in [1.82, 2.24) is 0 Å². The van der Waals surface area contributed by atoms with E-state index in [4.69, 9.17) is 147 Å². The number of rotatable bonds is 7. The number of aliphatic hydroxyl groups excluding tert-OH is 7. The Labute approximate surface area is 442 Å². The number of hydrogen-bond acceptors (Lipinski definition) is 35.